The third-order valence-corrected chi connectivity index (χ3v) is 5.40. The van der Waals surface area contributed by atoms with Gasteiger partial charge in [0.2, 0.25) is 5.91 Å². The SMILES string of the molecule is CC(C)c1ccc(SC(C(=O)NC2CC2)c2ccc(F)cc2)cc1. The van der Waals surface area contributed by atoms with Crippen LogP contribution in [0.25, 0.3) is 0 Å². The van der Waals surface area contributed by atoms with Crippen LogP contribution >= 0.6 is 11.8 Å². The number of thioether (sulfide) groups is 1. The Morgan fingerprint density at radius 2 is 1.62 bits per heavy atom. The van der Waals surface area contributed by atoms with Crippen molar-refractivity contribution in [1.29, 1.82) is 0 Å². The summed E-state index contributed by atoms with van der Waals surface area (Å²) in [6.07, 6.45) is 2.10. The highest BCUT2D eigenvalue weighted by Gasteiger charge is 2.29. The number of hydrogen-bond donors (Lipinski definition) is 1. The number of rotatable bonds is 6. The largest absolute Gasteiger partial charge is 0.352 e. The van der Waals surface area contributed by atoms with Gasteiger partial charge in [-0.05, 0) is 54.2 Å². The molecular formula is C20H22FNOS. The van der Waals surface area contributed by atoms with Crippen molar-refractivity contribution in [2.45, 2.75) is 48.8 Å². The van der Waals surface area contributed by atoms with Crippen LogP contribution in [0, 0.1) is 5.82 Å². The van der Waals surface area contributed by atoms with Crippen molar-refractivity contribution >= 4 is 17.7 Å². The molecule has 1 amide bonds. The quantitative estimate of drug-likeness (QED) is 0.743. The molecule has 1 unspecified atom stereocenters. The number of carbonyl (C=O) groups excluding carboxylic acids is 1. The molecule has 2 aromatic rings. The number of nitrogens with one attached hydrogen (secondary N) is 1. The van der Waals surface area contributed by atoms with Gasteiger partial charge in [-0.3, -0.25) is 4.79 Å². The third-order valence-electron chi connectivity index (χ3n) is 4.14. The van der Waals surface area contributed by atoms with E-state index in [-0.39, 0.29) is 17.0 Å². The second-order valence-electron chi connectivity index (χ2n) is 6.56. The topological polar surface area (TPSA) is 29.1 Å². The van der Waals surface area contributed by atoms with Crippen LogP contribution in [0.2, 0.25) is 0 Å². The van der Waals surface area contributed by atoms with Crippen LogP contribution in [-0.4, -0.2) is 11.9 Å². The summed E-state index contributed by atoms with van der Waals surface area (Å²) in [7, 11) is 0. The summed E-state index contributed by atoms with van der Waals surface area (Å²) < 4.78 is 13.2. The Balaban J connectivity index is 1.80. The Morgan fingerprint density at radius 1 is 1.04 bits per heavy atom. The van der Waals surface area contributed by atoms with Crippen molar-refractivity contribution in [2.24, 2.45) is 0 Å². The van der Waals surface area contributed by atoms with Gasteiger partial charge in [0.1, 0.15) is 11.1 Å². The van der Waals surface area contributed by atoms with E-state index in [2.05, 4.69) is 43.4 Å². The standard InChI is InChI=1S/C20H22FNOS/c1-13(2)14-5-11-18(12-6-14)24-19(20(23)22-17-9-10-17)15-3-7-16(21)8-4-15/h3-8,11-13,17,19H,9-10H2,1-2H3,(H,22,23). The van der Waals surface area contributed by atoms with Crippen LogP contribution in [0.5, 0.6) is 0 Å². The van der Waals surface area contributed by atoms with Crippen LogP contribution in [-0.2, 0) is 4.79 Å². The minimum Gasteiger partial charge on any atom is -0.352 e. The molecule has 1 N–H and O–H groups in total. The second kappa shape index (κ2) is 7.39. The first kappa shape index (κ1) is 17.0. The van der Waals surface area contributed by atoms with Crippen molar-refractivity contribution in [3.63, 3.8) is 0 Å². The van der Waals surface area contributed by atoms with E-state index >= 15 is 0 Å². The Kier molecular flexibility index (Phi) is 5.24. The molecule has 126 valence electrons. The lowest BCUT2D eigenvalue weighted by Crippen LogP contribution is -2.29. The van der Waals surface area contributed by atoms with Crippen LogP contribution in [0.4, 0.5) is 4.39 Å². The zero-order valence-corrected chi connectivity index (χ0v) is 14.8. The molecule has 1 aliphatic rings. The third kappa shape index (κ3) is 4.38. The maximum absolute atomic E-state index is 13.2. The van der Waals surface area contributed by atoms with E-state index in [0.717, 1.165) is 23.3 Å². The Labute approximate surface area is 146 Å². The normalized spacial score (nSPS) is 15.3. The number of halogens is 1. The maximum atomic E-state index is 13.2. The number of benzene rings is 2. The first-order valence-corrected chi connectivity index (χ1v) is 9.23. The van der Waals surface area contributed by atoms with E-state index in [0.29, 0.717) is 12.0 Å². The minimum absolute atomic E-state index is 0.00189. The van der Waals surface area contributed by atoms with Gasteiger partial charge in [0.15, 0.2) is 0 Å². The van der Waals surface area contributed by atoms with Gasteiger partial charge >= 0.3 is 0 Å². The first-order valence-electron chi connectivity index (χ1n) is 8.35. The predicted octanol–water partition coefficient (Wildman–Crippen LogP) is 5.06. The first-order chi connectivity index (χ1) is 11.5. The number of carbonyl (C=O) groups is 1. The zero-order chi connectivity index (χ0) is 17.1. The van der Waals surface area contributed by atoms with Crippen molar-refractivity contribution < 1.29 is 9.18 Å². The molecule has 0 heterocycles. The highest BCUT2D eigenvalue weighted by molar-refractivity contribution is 8.00. The molecule has 0 aromatic heterocycles. The van der Waals surface area contributed by atoms with Gasteiger partial charge in [0.25, 0.3) is 0 Å². The molecule has 2 aromatic carbocycles. The average molecular weight is 343 g/mol. The molecule has 24 heavy (non-hydrogen) atoms. The Morgan fingerprint density at radius 3 is 2.17 bits per heavy atom. The van der Waals surface area contributed by atoms with Crippen molar-refractivity contribution in [3.05, 3.63) is 65.5 Å². The number of amides is 1. The van der Waals surface area contributed by atoms with Gasteiger partial charge in [-0.25, -0.2) is 4.39 Å². The summed E-state index contributed by atoms with van der Waals surface area (Å²) in [5.74, 6) is 0.198. The van der Waals surface area contributed by atoms with Gasteiger partial charge in [-0.15, -0.1) is 11.8 Å². The smallest absolute Gasteiger partial charge is 0.238 e. The molecule has 1 fully saturated rings. The highest BCUT2D eigenvalue weighted by atomic mass is 32.2. The minimum atomic E-state index is -0.365. The van der Waals surface area contributed by atoms with E-state index in [9.17, 15) is 9.18 Å². The van der Waals surface area contributed by atoms with Gasteiger partial charge in [0, 0.05) is 10.9 Å². The lowest BCUT2D eigenvalue weighted by Gasteiger charge is -2.17. The molecule has 0 spiro atoms. The highest BCUT2D eigenvalue weighted by Crippen LogP contribution is 2.37. The molecule has 1 saturated carbocycles. The summed E-state index contributed by atoms with van der Waals surface area (Å²) in [5.41, 5.74) is 2.10. The summed E-state index contributed by atoms with van der Waals surface area (Å²) in [4.78, 5) is 13.7. The van der Waals surface area contributed by atoms with E-state index in [1.54, 1.807) is 12.1 Å². The summed E-state index contributed by atoms with van der Waals surface area (Å²) in [6.45, 7) is 4.32. The molecule has 0 radical (unpaired) electrons. The van der Waals surface area contributed by atoms with E-state index in [1.807, 2.05) is 0 Å². The van der Waals surface area contributed by atoms with Gasteiger partial charge in [0.05, 0.1) is 0 Å². The van der Waals surface area contributed by atoms with Gasteiger partial charge in [-0.1, -0.05) is 38.1 Å². The average Bonchev–Trinajstić information content (AvgIpc) is 3.38. The molecule has 2 nitrogen and oxygen atoms in total. The molecule has 1 atom stereocenters. The fourth-order valence-corrected chi connectivity index (χ4v) is 3.52. The lowest BCUT2D eigenvalue weighted by molar-refractivity contribution is -0.120. The van der Waals surface area contributed by atoms with Crippen LogP contribution in [0.1, 0.15) is 49.0 Å². The fourth-order valence-electron chi connectivity index (χ4n) is 2.48. The van der Waals surface area contributed by atoms with E-state index < -0.39 is 0 Å². The zero-order valence-electron chi connectivity index (χ0n) is 14.0. The molecule has 0 saturated heterocycles. The summed E-state index contributed by atoms with van der Waals surface area (Å²) in [6, 6.07) is 14.8. The van der Waals surface area contributed by atoms with Crippen molar-refractivity contribution in [2.75, 3.05) is 0 Å². The number of hydrogen-bond acceptors (Lipinski definition) is 2. The predicted molar refractivity (Wildman–Crippen MR) is 96.7 cm³/mol. The van der Waals surface area contributed by atoms with Crippen molar-refractivity contribution in [1.82, 2.24) is 5.32 Å². The molecule has 1 aliphatic carbocycles. The lowest BCUT2D eigenvalue weighted by atomic mass is 10.0. The van der Waals surface area contributed by atoms with Crippen LogP contribution in [0.15, 0.2) is 53.4 Å². The summed E-state index contributed by atoms with van der Waals surface area (Å²) in [5, 5.41) is 2.70. The Hall–Kier alpha value is -1.81. The van der Waals surface area contributed by atoms with Crippen LogP contribution < -0.4 is 5.32 Å². The van der Waals surface area contributed by atoms with Crippen molar-refractivity contribution in [3.8, 4) is 0 Å². The van der Waals surface area contributed by atoms with Gasteiger partial charge in [-0.2, -0.15) is 0 Å². The fraction of sp³-hybridized carbons (Fsp3) is 0.350. The molecular weight excluding hydrogens is 321 g/mol. The summed E-state index contributed by atoms with van der Waals surface area (Å²) >= 11 is 1.51. The second-order valence-corrected chi connectivity index (χ2v) is 7.73. The molecule has 0 bridgehead atoms. The van der Waals surface area contributed by atoms with E-state index in [1.165, 1.54) is 29.5 Å². The maximum Gasteiger partial charge on any atom is 0.238 e. The van der Waals surface area contributed by atoms with Crippen LogP contribution in [0.3, 0.4) is 0 Å². The molecule has 4 heteroatoms. The van der Waals surface area contributed by atoms with E-state index in [4.69, 9.17) is 0 Å². The van der Waals surface area contributed by atoms with Gasteiger partial charge < -0.3 is 5.32 Å². The molecule has 3 rings (SSSR count). The molecule has 0 aliphatic heterocycles. The Bertz CT molecular complexity index is 693. The monoisotopic (exact) mass is 343 g/mol.